The van der Waals surface area contributed by atoms with Gasteiger partial charge in [-0.2, -0.15) is 0 Å². The maximum absolute atomic E-state index is 13.2. The lowest BCUT2D eigenvalue weighted by Crippen LogP contribution is -2.34. The van der Waals surface area contributed by atoms with Gasteiger partial charge in [-0.3, -0.25) is 9.97 Å². The van der Waals surface area contributed by atoms with Crippen molar-refractivity contribution in [2.45, 2.75) is 38.8 Å². The Morgan fingerprint density at radius 1 is 0.893 bits per heavy atom. The van der Waals surface area contributed by atoms with Gasteiger partial charge in [0.15, 0.2) is 0 Å². The number of fused-ring (bicyclic) bond motifs is 1. The zero-order valence-electron chi connectivity index (χ0n) is 15.8. The van der Waals surface area contributed by atoms with E-state index in [4.69, 9.17) is 0 Å². The molecular weight excluding hydrogens is 348 g/mol. The number of hydrogen-bond acceptors (Lipinski definition) is 3. The number of aryl methyl sites for hydroxylation is 1. The third kappa shape index (κ3) is 4.36. The lowest BCUT2D eigenvalue weighted by Gasteiger charge is -2.25. The molecule has 1 aliphatic rings. The van der Waals surface area contributed by atoms with Crippen LogP contribution in [0.5, 0.6) is 0 Å². The predicted octanol–water partition coefficient (Wildman–Crippen LogP) is 4.59. The molecule has 0 bridgehead atoms. The molecule has 0 fully saturated rings. The van der Waals surface area contributed by atoms with Crippen LogP contribution in [-0.4, -0.2) is 20.9 Å². The number of nitrogens with one attached hydrogen (secondary N) is 1. The largest absolute Gasteiger partial charge is 0.322 e. The summed E-state index contributed by atoms with van der Waals surface area (Å²) in [4.78, 5) is 23.2. The quantitative estimate of drug-likeness (QED) is 0.713. The van der Waals surface area contributed by atoms with Crippen molar-refractivity contribution in [1.29, 1.82) is 0 Å². The van der Waals surface area contributed by atoms with Crippen molar-refractivity contribution >= 4 is 11.7 Å². The topological polar surface area (TPSA) is 58.1 Å². The zero-order valence-corrected chi connectivity index (χ0v) is 15.8. The first-order chi connectivity index (χ1) is 13.8. The standard InChI is InChI=1S/C23H24N4O/c28-23(26-22-9-3-7-20-6-1-2-8-21(20)22)27(16-18-10-13-24-14-11-18)17-19-5-4-12-25-15-19/h3-5,7,9-15H,1-2,6,8,16-17H2,(H,26,28). The molecule has 142 valence electrons. The first-order valence-corrected chi connectivity index (χ1v) is 9.74. The van der Waals surface area contributed by atoms with E-state index in [9.17, 15) is 4.79 Å². The van der Waals surface area contributed by atoms with E-state index in [-0.39, 0.29) is 6.03 Å². The predicted molar refractivity (Wildman–Crippen MR) is 110 cm³/mol. The first kappa shape index (κ1) is 18.2. The number of carbonyl (C=O) groups is 1. The summed E-state index contributed by atoms with van der Waals surface area (Å²) in [6.07, 6.45) is 11.6. The highest BCUT2D eigenvalue weighted by atomic mass is 16.2. The van der Waals surface area contributed by atoms with Crippen molar-refractivity contribution in [3.8, 4) is 0 Å². The van der Waals surface area contributed by atoms with Crippen molar-refractivity contribution in [3.05, 3.63) is 89.5 Å². The van der Waals surface area contributed by atoms with Gasteiger partial charge in [-0.15, -0.1) is 0 Å². The fourth-order valence-corrected chi connectivity index (χ4v) is 3.71. The van der Waals surface area contributed by atoms with Crippen LogP contribution in [0.3, 0.4) is 0 Å². The summed E-state index contributed by atoms with van der Waals surface area (Å²) < 4.78 is 0. The summed E-state index contributed by atoms with van der Waals surface area (Å²) in [6, 6.07) is 13.9. The molecule has 1 N–H and O–H groups in total. The van der Waals surface area contributed by atoms with E-state index in [2.05, 4.69) is 21.4 Å². The van der Waals surface area contributed by atoms with E-state index in [1.807, 2.05) is 41.3 Å². The molecule has 2 amide bonds. The van der Waals surface area contributed by atoms with Gasteiger partial charge in [-0.05, 0) is 72.2 Å². The molecule has 0 spiro atoms. The summed E-state index contributed by atoms with van der Waals surface area (Å²) >= 11 is 0. The van der Waals surface area contributed by atoms with Gasteiger partial charge in [0.1, 0.15) is 0 Å². The number of aromatic nitrogens is 2. The van der Waals surface area contributed by atoms with Crippen molar-refractivity contribution < 1.29 is 4.79 Å². The van der Waals surface area contributed by atoms with Crippen LogP contribution in [0.2, 0.25) is 0 Å². The lowest BCUT2D eigenvalue weighted by atomic mass is 9.90. The molecule has 4 rings (SSSR count). The molecule has 0 saturated carbocycles. The molecule has 0 unspecified atom stereocenters. The third-order valence-corrected chi connectivity index (χ3v) is 5.14. The van der Waals surface area contributed by atoms with E-state index >= 15 is 0 Å². The number of urea groups is 1. The van der Waals surface area contributed by atoms with Gasteiger partial charge < -0.3 is 10.2 Å². The van der Waals surface area contributed by atoms with E-state index in [0.717, 1.165) is 29.7 Å². The summed E-state index contributed by atoms with van der Waals surface area (Å²) in [5.74, 6) is 0. The molecule has 0 radical (unpaired) electrons. The van der Waals surface area contributed by atoms with Crippen LogP contribution in [0, 0.1) is 0 Å². The Hall–Kier alpha value is -3.21. The summed E-state index contributed by atoms with van der Waals surface area (Å²) in [7, 11) is 0. The van der Waals surface area contributed by atoms with Gasteiger partial charge in [-0.1, -0.05) is 18.2 Å². The summed E-state index contributed by atoms with van der Waals surface area (Å²) in [5, 5.41) is 3.16. The van der Waals surface area contributed by atoms with Crippen LogP contribution >= 0.6 is 0 Å². The maximum Gasteiger partial charge on any atom is 0.322 e. The minimum atomic E-state index is -0.0976. The van der Waals surface area contributed by atoms with Crippen molar-refractivity contribution in [2.24, 2.45) is 0 Å². The summed E-state index contributed by atoms with van der Waals surface area (Å²) in [6.45, 7) is 1.01. The molecule has 3 aromatic rings. The molecule has 1 aromatic carbocycles. The van der Waals surface area contributed by atoms with Crippen molar-refractivity contribution in [1.82, 2.24) is 14.9 Å². The van der Waals surface area contributed by atoms with Gasteiger partial charge in [0, 0.05) is 43.6 Å². The Morgan fingerprint density at radius 3 is 2.54 bits per heavy atom. The normalized spacial score (nSPS) is 12.9. The number of amides is 2. The van der Waals surface area contributed by atoms with Gasteiger partial charge >= 0.3 is 6.03 Å². The number of nitrogens with zero attached hydrogens (tertiary/aromatic N) is 3. The van der Waals surface area contributed by atoms with Crippen molar-refractivity contribution in [2.75, 3.05) is 5.32 Å². The first-order valence-electron chi connectivity index (χ1n) is 9.74. The van der Waals surface area contributed by atoms with Crippen LogP contribution in [0.15, 0.2) is 67.3 Å². The third-order valence-electron chi connectivity index (χ3n) is 5.14. The van der Waals surface area contributed by atoms with E-state index in [1.54, 1.807) is 24.8 Å². The van der Waals surface area contributed by atoms with Crippen LogP contribution in [0.4, 0.5) is 10.5 Å². The fraction of sp³-hybridized carbons (Fsp3) is 0.261. The molecule has 0 aliphatic heterocycles. The number of rotatable bonds is 5. The second-order valence-electron chi connectivity index (χ2n) is 7.15. The number of hydrogen-bond donors (Lipinski definition) is 1. The Morgan fingerprint density at radius 2 is 1.71 bits per heavy atom. The second kappa shape index (κ2) is 8.65. The second-order valence-corrected chi connectivity index (χ2v) is 7.15. The highest BCUT2D eigenvalue weighted by Crippen LogP contribution is 2.28. The van der Waals surface area contributed by atoms with Crippen LogP contribution in [0.25, 0.3) is 0 Å². The van der Waals surface area contributed by atoms with E-state index in [1.165, 1.54) is 24.0 Å². The number of pyridine rings is 2. The molecule has 5 heteroatoms. The number of benzene rings is 1. The molecule has 2 heterocycles. The minimum absolute atomic E-state index is 0.0976. The molecule has 5 nitrogen and oxygen atoms in total. The Balaban J connectivity index is 1.56. The monoisotopic (exact) mass is 372 g/mol. The average molecular weight is 372 g/mol. The summed E-state index contributed by atoms with van der Waals surface area (Å²) in [5.41, 5.74) is 5.63. The van der Waals surface area contributed by atoms with Crippen molar-refractivity contribution in [3.63, 3.8) is 0 Å². The Bertz CT molecular complexity index is 886. The van der Waals surface area contributed by atoms with E-state index < -0.39 is 0 Å². The number of carbonyl (C=O) groups excluding carboxylic acids is 1. The Labute approximate surface area is 165 Å². The van der Waals surface area contributed by atoms with Gasteiger partial charge in [0.25, 0.3) is 0 Å². The van der Waals surface area contributed by atoms with Gasteiger partial charge in [0.2, 0.25) is 0 Å². The SMILES string of the molecule is O=C(Nc1cccc2c1CCCC2)N(Cc1ccncc1)Cc1cccnc1. The average Bonchev–Trinajstić information content (AvgIpc) is 2.75. The molecule has 28 heavy (non-hydrogen) atoms. The van der Waals surface area contributed by atoms with Crippen LogP contribution in [0.1, 0.15) is 35.1 Å². The highest BCUT2D eigenvalue weighted by Gasteiger charge is 2.19. The fourth-order valence-electron chi connectivity index (χ4n) is 3.71. The van der Waals surface area contributed by atoms with Crippen LogP contribution < -0.4 is 5.32 Å². The molecule has 0 atom stereocenters. The molecular formula is C23H24N4O. The smallest absolute Gasteiger partial charge is 0.316 e. The lowest BCUT2D eigenvalue weighted by molar-refractivity contribution is 0.206. The van der Waals surface area contributed by atoms with Gasteiger partial charge in [0.05, 0.1) is 0 Å². The molecule has 0 saturated heterocycles. The minimum Gasteiger partial charge on any atom is -0.316 e. The molecule has 1 aliphatic carbocycles. The Kier molecular flexibility index (Phi) is 5.61. The zero-order chi connectivity index (χ0) is 19.2. The molecule has 2 aromatic heterocycles. The van der Waals surface area contributed by atoms with Crippen LogP contribution in [-0.2, 0) is 25.9 Å². The highest BCUT2D eigenvalue weighted by molar-refractivity contribution is 5.90. The number of anilines is 1. The van der Waals surface area contributed by atoms with E-state index in [0.29, 0.717) is 13.1 Å². The van der Waals surface area contributed by atoms with Gasteiger partial charge in [-0.25, -0.2) is 4.79 Å². The maximum atomic E-state index is 13.2.